The van der Waals surface area contributed by atoms with Gasteiger partial charge in [-0.25, -0.2) is 9.97 Å². The summed E-state index contributed by atoms with van der Waals surface area (Å²) in [5, 5.41) is 7.23. The molecule has 240 valence electrons. The molecule has 0 saturated heterocycles. The highest BCUT2D eigenvalue weighted by molar-refractivity contribution is 7.26. The van der Waals surface area contributed by atoms with Crippen LogP contribution in [0.5, 0.6) is 11.5 Å². The highest BCUT2D eigenvalue weighted by atomic mass is 32.1. The van der Waals surface area contributed by atoms with Crippen LogP contribution in [0, 0.1) is 0 Å². The molecule has 5 nitrogen and oxygen atoms in total. The molecule has 5 aromatic heterocycles. The summed E-state index contributed by atoms with van der Waals surface area (Å²) >= 11 is 1.83. The molecule has 0 fully saturated rings. The maximum absolute atomic E-state index is 6.72. The lowest BCUT2D eigenvalue weighted by atomic mass is 9.88. The van der Waals surface area contributed by atoms with Crippen LogP contribution in [0.2, 0.25) is 0 Å². The number of nitrogens with zero attached hydrogens (tertiary/aromatic N) is 4. The number of hydrogen-bond acceptors (Lipinski definition) is 4. The number of para-hydroxylation sites is 1. The lowest BCUT2D eigenvalue weighted by Gasteiger charge is -2.20. The van der Waals surface area contributed by atoms with E-state index in [1.54, 1.807) is 0 Å². The van der Waals surface area contributed by atoms with Gasteiger partial charge in [0.25, 0.3) is 0 Å². The standard InChI is InChI=1S/C44H32N4OS/c1-44(2,3)27-21-23-46-41(24-27)47-35-12-6-4-10-30(35)31-17-15-28(25-36(31)47)49-29-16-18-32-33-19-20-39-42(34-11-5-7-13-38(34)50-39)43(33)48(37(32)26-29)40-14-8-9-22-45-40/h4-26H,1-3H3. The Kier molecular flexibility index (Phi) is 6.24. The molecular weight excluding hydrogens is 633 g/mol. The third-order valence-corrected chi connectivity index (χ3v) is 11.0. The summed E-state index contributed by atoms with van der Waals surface area (Å²) in [6, 6.07) is 44.9. The zero-order chi connectivity index (χ0) is 33.6. The first kappa shape index (κ1) is 29.0. The van der Waals surface area contributed by atoms with E-state index in [9.17, 15) is 0 Å². The summed E-state index contributed by atoms with van der Waals surface area (Å²) in [4.78, 5) is 9.69. The van der Waals surface area contributed by atoms with Crippen molar-refractivity contribution in [2.75, 3.05) is 0 Å². The van der Waals surface area contributed by atoms with Crippen molar-refractivity contribution in [3.63, 3.8) is 0 Å². The monoisotopic (exact) mass is 664 g/mol. The van der Waals surface area contributed by atoms with Gasteiger partial charge in [-0.1, -0.05) is 69.3 Å². The van der Waals surface area contributed by atoms with Crippen molar-refractivity contribution in [2.24, 2.45) is 0 Å². The first-order valence-electron chi connectivity index (χ1n) is 16.9. The maximum atomic E-state index is 6.72. The van der Waals surface area contributed by atoms with E-state index >= 15 is 0 Å². The Labute approximate surface area is 292 Å². The number of pyridine rings is 2. The fraction of sp³-hybridized carbons (Fsp3) is 0.0909. The average molecular weight is 665 g/mol. The van der Waals surface area contributed by atoms with Crippen LogP contribution in [0.25, 0.3) is 75.4 Å². The van der Waals surface area contributed by atoms with Crippen LogP contribution in [-0.2, 0) is 5.41 Å². The largest absolute Gasteiger partial charge is 0.457 e. The fourth-order valence-corrected chi connectivity index (χ4v) is 8.59. The Morgan fingerprint density at radius 1 is 0.520 bits per heavy atom. The van der Waals surface area contributed by atoms with Crippen molar-refractivity contribution >= 4 is 75.1 Å². The van der Waals surface area contributed by atoms with Gasteiger partial charge in [0.2, 0.25) is 0 Å². The van der Waals surface area contributed by atoms with Gasteiger partial charge in [0, 0.05) is 66.2 Å². The highest BCUT2D eigenvalue weighted by Gasteiger charge is 2.21. The second kappa shape index (κ2) is 10.8. The van der Waals surface area contributed by atoms with E-state index in [0.717, 1.165) is 50.5 Å². The van der Waals surface area contributed by atoms with E-state index < -0.39 is 0 Å². The molecule has 0 spiro atoms. The van der Waals surface area contributed by atoms with E-state index in [2.05, 4.69) is 145 Å². The first-order valence-corrected chi connectivity index (χ1v) is 17.7. The molecule has 5 aromatic carbocycles. The van der Waals surface area contributed by atoms with Gasteiger partial charge >= 0.3 is 0 Å². The van der Waals surface area contributed by atoms with E-state index in [0.29, 0.717) is 0 Å². The second-order valence-electron chi connectivity index (χ2n) is 13.9. The molecule has 0 N–H and O–H groups in total. The van der Waals surface area contributed by atoms with Crippen molar-refractivity contribution in [3.8, 4) is 23.1 Å². The topological polar surface area (TPSA) is 44.9 Å². The van der Waals surface area contributed by atoms with Gasteiger partial charge in [-0.15, -0.1) is 11.3 Å². The molecule has 0 amide bonds. The van der Waals surface area contributed by atoms with Crippen molar-refractivity contribution < 1.29 is 4.74 Å². The van der Waals surface area contributed by atoms with Crippen LogP contribution in [0.4, 0.5) is 0 Å². The van der Waals surface area contributed by atoms with Crippen LogP contribution in [-0.4, -0.2) is 19.1 Å². The Bertz CT molecular complexity index is 2940. The van der Waals surface area contributed by atoms with E-state index in [1.807, 2.05) is 35.9 Å². The Balaban J connectivity index is 1.16. The molecule has 0 aliphatic rings. The normalized spacial score (nSPS) is 12.3. The quantitative estimate of drug-likeness (QED) is 0.188. The summed E-state index contributed by atoms with van der Waals surface area (Å²) in [5.74, 6) is 3.30. The van der Waals surface area contributed by atoms with E-state index in [-0.39, 0.29) is 5.41 Å². The fourth-order valence-electron chi connectivity index (χ4n) is 7.48. The predicted molar refractivity (Wildman–Crippen MR) is 209 cm³/mol. The van der Waals surface area contributed by atoms with Crippen molar-refractivity contribution in [1.29, 1.82) is 0 Å². The van der Waals surface area contributed by atoms with Gasteiger partial charge in [0.05, 0.1) is 22.1 Å². The van der Waals surface area contributed by atoms with Crippen LogP contribution in [0.1, 0.15) is 26.3 Å². The van der Waals surface area contributed by atoms with Crippen LogP contribution < -0.4 is 4.74 Å². The Hall–Kier alpha value is -5.98. The molecule has 0 saturated carbocycles. The highest BCUT2D eigenvalue weighted by Crippen LogP contribution is 2.44. The van der Waals surface area contributed by atoms with Gasteiger partial charge < -0.3 is 4.74 Å². The zero-order valence-corrected chi connectivity index (χ0v) is 28.7. The molecule has 5 heterocycles. The van der Waals surface area contributed by atoms with Crippen LogP contribution in [0.15, 0.2) is 140 Å². The summed E-state index contributed by atoms with van der Waals surface area (Å²) in [5.41, 5.74) is 5.64. The third kappa shape index (κ3) is 4.38. The molecule has 0 aliphatic heterocycles. The number of hydrogen-bond donors (Lipinski definition) is 0. The third-order valence-electron chi connectivity index (χ3n) is 9.84. The number of aromatic nitrogens is 4. The average Bonchev–Trinajstić information content (AvgIpc) is 3.78. The smallest absolute Gasteiger partial charge is 0.137 e. The molecule has 0 unspecified atom stereocenters. The molecular formula is C44H32N4OS. The van der Waals surface area contributed by atoms with Gasteiger partial charge in [-0.2, -0.15) is 0 Å². The van der Waals surface area contributed by atoms with Crippen LogP contribution >= 0.6 is 11.3 Å². The van der Waals surface area contributed by atoms with Crippen molar-refractivity contribution in [2.45, 2.75) is 26.2 Å². The SMILES string of the molecule is CC(C)(C)c1ccnc(-n2c3ccccc3c3ccc(Oc4ccc5c6ccc7sc8ccccc8c7c6n(-c6ccccn6)c5c4)cc32)c1. The minimum Gasteiger partial charge on any atom is -0.457 e. The summed E-state index contributed by atoms with van der Waals surface area (Å²) in [7, 11) is 0. The molecule has 0 radical (unpaired) electrons. The first-order chi connectivity index (χ1) is 24.4. The minimum atomic E-state index is 0.00338. The Morgan fingerprint density at radius 2 is 1.18 bits per heavy atom. The van der Waals surface area contributed by atoms with E-state index in [4.69, 9.17) is 14.7 Å². The van der Waals surface area contributed by atoms with Gasteiger partial charge in [0.1, 0.15) is 23.1 Å². The zero-order valence-electron chi connectivity index (χ0n) is 27.9. The number of rotatable bonds is 4. The van der Waals surface area contributed by atoms with Gasteiger partial charge in [-0.3, -0.25) is 9.13 Å². The summed E-state index contributed by atoms with van der Waals surface area (Å²) < 4.78 is 13.8. The predicted octanol–water partition coefficient (Wildman–Crippen LogP) is 12.1. The van der Waals surface area contributed by atoms with Crippen LogP contribution in [0.3, 0.4) is 0 Å². The number of benzene rings is 5. The molecule has 0 aliphatic carbocycles. The lowest BCUT2D eigenvalue weighted by Crippen LogP contribution is -2.12. The number of fused-ring (bicyclic) bond motifs is 10. The summed E-state index contributed by atoms with van der Waals surface area (Å²) in [6.45, 7) is 6.71. The molecule has 50 heavy (non-hydrogen) atoms. The lowest BCUT2D eigenvalue weighted by molar-refractivity contribution is 0.484. The maximum Gasteiger partial charge on any atom is 0.137 e. The molecule has 10 aromatic rings. The van der Waals surface area contributed by atoms with E-state index in [1.165, 1.54) is 42.0 Å². The Morgan fingerprint density at radius 3 is 1.96 bits per heavy atom. The minimum absolute atomic E-state index is 0.00338. The van der Waals surface area contributed by atoms with Crippen molar-refractivity contribution in [3.05, 3.63) is 145 Å². The molecule has 10 rings (SSSR count). The second-order valence-corrected chi connectivity index (χ2v) is 15.0. The summed E-state index contributed by atoms with van der Waals surface area (Å²) in [6.07, 6.45) is 3.78. The molecule has 0 atom stereocenters. The van der Waals surface area contributed by atoms with Gasteiger partial charge in [0.15, 0.2) is 0 Å². The number of thiophene rings is 1. The van der Waals surface area contributed by atoms with Gasteiger partial charge in [-0.05, 0) is 77.7 Å². The number of ether oxygens (including phenoxy) is 1. The molecule has 0 bridgehead atoms. The van der Waals surface area contributed by atoms with Crippen molar-refractivity contribution in [1.82, 2.24) is 19.1 Å². The molecule has 6 heteroatoms.